The van der Waals surface area contributed by atoms with Gasteiger partial charge in [-0.2, -0.15) is 0 Å². The first-order chi connectivity index (χ1) is 23.8. The van der Waals surface area contributed by atoms with E-state index in [1.807, 2.05) is 41.5 Å². The summed E-state index contributed by atoms with van der Waals surface area (Å²) in [5.41, 5.74) is 0. The number of hydrogen-bond acceptors (Lipinski definition) is 15. The molecule has 52 heavy (non-hydrogen) atoms. The van der Waals surface area contributed by atoms with Crippen molar-refractivity contribution in [2.45, 2.75) is 157 Å². The first kappa shape index (κ1) is 57.0. The van der Waals surface area contributed by atoms with E-state index in [-0.39, 0.29) is 52.0 Å². The number of carboxylic acid groups (broad SMARTS) is 3. The average molecular weight is 825 g/mol. The van der Waals surface area contributed by atoms with Crippen LogP contribution in [0.15, 0.2) is 0 Å². The quantitative estimate of drug-likeness (QED) is 0.0745. The fraction of sp³-hybridized carbons (Fsp3) is 0.833. The van der Waals surface area contributed by atoms with Crippen LogP contribution in [-0.2, 0) is 89.9 Å². The van der Waals surface area contributed by atoms with Crippen molar-refractivity contribution < 1.29 is 105 Å². The van der Waals surface area contributed by atoms with Gasteiger partial charge in [0.25, 0.3) is 0 Å². The molecule has 15 nitrogen and oxygen atoms in total. The maximum Gasteiger partial charge on any atom is 3.00 e. The zero-order valence-electron chi connectivity index (χ0n) is 32.9. The summed E-state index contributed by atoms with van der Waals surface area (Å²) in [5.74, 6) is -8.54. The van der Waals surface area contributed by atoms with E-state index in [4.69, 9.17) is 28.4 Å². The molecule has 0 fully saturated rings. The van der Waals surface area contributed by atoms with Crippen molar-refractivity contribution in [2.75, 3.05) is 39.6 Å². The molecule has 0 aromatic heterocycles. The van der Waals surface area contributed by atoms with Crippen molar-refractivity contribution in [1.29, 1.82) is 0 Å². The van der Waals surface area contributed by atoms with Crippen LogP contribution in [0.1, 0.15) is 139 Å². The third-order valence-corrected chi connectivity index (χ3v) is 6.25. The van der Waals surface area contributed by atoms with Crippen LogP contribution in [0, 0.1) is 0 Å². The van der Waals surface area contributed by atoms with Crippen molar-refractivity contribution in [2.24, 2.45) is 0 Å². The zero-order chi connectivity index (χ0) is 39.9. The maximum absolute atomic E-state index is 11.4. The molecule has 0 amide bonds. The van der Waals surface area contributed by atoms with Gasteiger partial charge in [-0.15, -0.1) is 0 Å². The minimum Gasteiger partial charge on any atom is -0.550 e. The van der Waals surface area contributed by atoms with Gasteiger partial charge in [0.1, 0.15) is 17.3 Å². The molecule has 0 radical (unpaired) electrons. The van der Waals surface area contributed by atoms with Crippen LogP contribution >= 0.6 is 0 Å². The van der Waals surface area contributed by atoms with Gasteiger partial charge in [0, 0.05) is 76.8 Å². The van der Waals surface area contributed by atoms with Gasteiger partial charge in [0.15, 0.2) is 17.4 Å². The molecule has 0 rings (SSSR count). The Hall–Kier alpha value is -1.72. The number of ether oxygens (including phenoxy) is 6. The molecule has 0 aromatic carbocycles. The number of rotatable bonds is 30. The van der Waals surface area contributed by atoms with Gasteiger partial charge in [-0.3, -0.25) is 14.4 Å². The second-order valence-electron chi connectivity index (χ2n) is 12.3. The Kier molecular flexibility index (Phi) is 37.1. The SMILES string of the molecule is CCCOC(C)(CC(=O)CC(=O)[O-])OCCC.CCCOC(C)(CC(=O)CC(=O)[O-])OCCC.CCCOC(C)(CC(=O)CC(=O)[O-])OCCC.[Y+3]. The third kappa shape index (κ3) is 35.3. The van der Waals surface area contributed by atoms with Gasteiger partial charge < -0.3 is 58.1 Å². The van der Waals surface area contributed by atoms with Crippen LogP contribution < -0.4 is 15.3 Å². The molecule has 0 saturated heterocycles. The monoisotopic (exact) mass is 824 g/mol. The molecule has 0 aliphatic carbocycles. The molecular weight excluding hydrogens is 761 g/mol. The van der Waals surface area contributed by atoms with Gasteiger partial charge in [-0.05, 0) is 59.3 Å². The number of carbonyl (C=O) groups is 6. The zero-order valence-corrected chi connectivity index (χ0v) is 35.8. The Bertz CT molecular complexity index is 855. The largest absolute Gasteiger partial charge is 3.00 e. The topological polar surface area (TPSA) is 227 Å². The minimum absolute atomic E-state index is 0. The van der Waals surface area contributed by atoms with Crippen LogP contribution in [0.2, 0.25) is 0 Å². The molecule has 0 atom stereocenters. The first-order valence-corrected chi connectivity index (χ1v) is 17.8. The Labute approximate surface area is 335 Å². The van der Waals surface area contributed by atoms with Crippen LogP contribution in [0.25, 0.3) is 0 Å². The second kappa shape index (κ2) is 33.8. The maximum atomic E-state index is 11.4. The van der Waals surface area contributed by atoms with E-state index in [1.54, 1.807) is 20.8 Å². The molecule has 300 valence electrons. The van der Waals surface area contributed by atoms with Gasteiger partial charge in [-0.1, -0.05) is 41.5 Å². The normalized spacial score (nSPS) is 11.2. The number of carbonyl (C=O) groups excluding carboxylic acids is 6. The molecule has 0 N–H and O–H groups in total. The van der Waals surface area contributed by atoms with Crippen molar-refractivity contribution in [3.05, 3.63) is 0 Å². The van der Waals surface area contributed by atoms with Crippen molar-refractivity contribution in [1.82, 2.24) is 0 Å². The number of hydrogen-bond donors (Lipinski definition) is 0. The summed E-state index contributed by atoms with van der Waals surface area (Å²) in [6.45, 7) is 19.5. The molecule has 0 unspecified atom stereocenters. The van der Waals surface area contributed by atoms with Crippen molar-refractivity contribution in [3.63, 3.8) is 0 Å². The van der Waals surface area contributed by atoms with Gasteiger partial charge in [0.2, 0.25) is 0 Å². The number of aliphatic carboxylic acids is 3. The number of ketones is 3. The van der Waals surface area contributed by atoms with Crippen LogP contribution in [0.4, 0.5) is 0 Å². The molecular formula is C36H63O15Y. The average Bonchev–Trinajstić information content (AvgIpc) is 3.02. The van der Waals surface area contributed by atoms with E-state index in [1.165, 1.54) is 0 Å². The summed E-state index contributed by atoms with van der Waals surface area (Å²) >= 11 is 0. The standard InChI is InChI=1S/3C12H22O5.Y/c3*1-4-6-16-12(3,17-7-5-2)9-10(13)8-11(14)15;/h3*4-9H2,1-3H3,(H,14,15);/q;;;+3/p-3. The Balaban J connectivity index is -0.000000329. The fourth-order valence-electron chi connectivity index (χ4n) is 4.08. The van der Waals surface area contributed by atoms with E-state index < -0.39 is 71.9 Å². The molecule has 0 heterocycles. The summed E-state index contributed by atoms with van der Waals surface area (Å²) in [7, 11) is 0. The van der Waals surface area contributed by atoms with E-state index in [0.717, 1.165) is 38.5 Å². The predicted octanol–water partition coefficient (Wildman–Crippen LogP) is 1.96. The summed E-state index contributed by atoms with van der Waals surface area (Å²) < 4.78 is 32.9. The van der Waals surface area contributed by atoms with E-state index in [9.17, 15) is 44.1 Å². The van der Waals surface area contributed by atoms with Crippen LogP contribution in [-0.4, -0.2) is 92.3 Å². The van der Waals surface area contributed by atoms with Crippen molar-refractivity contribution >= 4 is 35.3 Å². The molecule has 0 aliphatic heterocycles. The first-order valence-electron chi connectivity index (χ1n) is 17.8. The van der Waals surface area contributed by atoms with Gasteiger partial charge in [0.05, 0.1) is 19.3 Å². The van der Waals surface area contributed by atoms with Gasteiger partial charge >= 0.3 is 32.7 Å². The smallest absolute Gasteiger partial charge is 0.550 e. The van der Waals surface area contributed by atoms with E-state index in [0.29, 0.717) is 39.6 Å². The molecule has 0 saturated carbocycles. The van der Waals surface area contributed by atoms with Gasteiger partial charge in [-0.25, -0.2) is 0 Å². The third-order valence-electron chi connectivity index (χ3n) is 6.25. The molecule has 0 bridgehead atoms. The Morgan fingerprint density at radius 2 is 0.538 bits per heavy atom. The summed E-state index contributed by atoms with van der Waals surface area (Å²) in [4.78, 5) is 65.2. The summed E-state index contributed by atoms with van der Waals surface area (Å²) in [6, 6.07) is 0. The predicted molar refractivity (Wildman–Crippen MR) is 180 cm³/mol. The van der Waals surface area contributed by atoms with E-state index in [2.05, 4.69) is 0 Å². The van der Waals surface area contributed by atoms with Crippen LogP contribution in [0.3, 0.4) is 0 Å². The summed E-state index contributed by atoms with van der Waals surface area (Å²) in [6.07, 6.45) is 2.84. The number of carboxylic acids is 3. The number of Topliss-reactive ketones (excluding diaryl/α,β-unsaturated/α-hetero) is 3. The van der Waals surface area contributed by atoms with Crippen molar-refractivity contribution in [3.8, 4) is 0 Å². The fourth-order valence-corrected chi connectivity index (χ4v) is 4.08. The minimum atomic E-state index is -1.37. The molecule has 0 aromatic rings. The molecule has 16 heteroatoms. The second-order valence-corrected chi connectivity index (χ2v) is 12.3. The summed E-state index contributed by atoms with van der Waals surface area (Å²) in [5, 5.41) is 30.9. The van der Waals surface area contributed by atoms with E-state index >= 15 is 0 Å². The molecule has 0 aliphatic rings. The molecule has 0 spiro atoms. The Morgan fingerprint density at radius 1 is 0.385 bits per heavy atom. The Morgan fingerprint density at radius 3 is 0.654 bits per heavy atom. The van der Waals surface area contributed by atoms with Crippen LogP contribution in [0.5, 0.6) is 0 Å².